The van der Waals surface area contributed by atoms with Crippen LogP contribution in [0.3, 0.4) is 0 Å². The van der Waals surface area contributed by atoms with Crippen LogP contribution in [-0.4, -0.2) is 11.8 Å². The number of rotatable bonds is 3. The van der Waals surface area contributed by atoms with Crippen molar-refractivity contribution in [2.45, 2.75) is 26.2 Å². The molecule has 100 valence electrons. The summed E-state index contributed by atoms with van der Waals surface area (Å²) in [6, 6.07) is 5.12. The fourth-order valence-corrected chi connectivity index (χ4v) is 3.12. The summed E-state index contributed by atoms with van der Waals surface area (Å²) in [5.41, 5.74) is 7.34. The first kappa shape index (κ1) is 12.2. The van der Waals surface area contributed by atoms with Gasteiger partial charge in [0.1, 0.15) is 0 Å². The van der Waals surface area contributed by atoms with Gasteiger partial charge in [-0.15, -0.1) is 0 Å². The SMILES string of the molecule is Cc1cc(C(N)=O)ccc1NC(=O)C1CC2CC2C1. The van der Waals surface area contributed by atoms with E-state index < -0.39 is 5.91 Å². The lowest BCUT2D eigenvalue weighted by atomic mass is 10.0. The summed E-state index contributed by atoms with van der Waals surface area (Å²) in [7, 11) is 0. The highest BCUT2D eigenvalue weighted by Crippen LogP contribution is 2.54. The van der Waals surface area contributed by atoms with Crippen molar-refractivity contribution in [3.63, 3.8) is 0 Å². The molecule has 1 aromatic rings. The zero-order valence-electron chi connectivity index (χ0n) is 11.0. The maximum absolute atomic E-state index is 12.1. The maximum Gasteiger partial charge on any atom is 0.248 e. The molecule has 0 saturated heterocycles. The highest BCUT2D eigenvalue weighted by molar-refractivity contribution is 5.96. The fraction of sp³-hybridized carbons (Fsp3) is 0.467. The molecule has 2 aliphatic carbocycles. The number of nitrogens with two attached hydrogens (primary N) is 1. The molecular formula is C15H18N2O2. The Morgan fingerprint density at radius 2 is 1.89 bits per heavy atom. The monoisotopic (exact) mass is 258 g/mol. The Kier molecular flexibility index (Phi) is 2.81. The molecule has 2 saturated carbocycles. The van der Waals surface area contributed by atoms with Gasteiger partial charge in [0.05, 0.1) is 0 Å². The van der Waals surface area contributed by atoms with Crippen molar-refractivity contribution in [2.75, 3.05) is 5.32 Å². The van der Waals surface area contributed by atoms with E-state index in [0.717, 1.165) is 35.9 Å². The minimum atomic E-state index is -0.447. The molecule has 2 fully saturated rings. The van der Waals surface area contributed by atoms with Crippen LogP contribution in [0.15, 0.2) is 18.2 Å². The van der Waals surface area contributed by atoms with Crippen molar-refractivity contribution in [1.29, 1.82) is 0 Å². The first-order valence-electron chi connectivity index (χ1n) is 6.76. The minimum Gasteiger partial charge on any atom is -0.366 e. The Labute approximate surface area is 112 Å². The normalized spacial score (nSPS) is 27.7. The number of hydrogen-bond donors (Lipinski definition) is 2. The van der Waals surface area contributed by atoms with E-state index in [0.29, 0.717) is 5.56 Å². The summed E-state index contributed by atoms with van der Waals surface area (Å²) in [6.45, 7) is 1.87. The van der Waals surface area contributed by atoms with Gasteiger partial charge in [-0.05, 0) is 61.8 Å². The summed E-state index contributed by atoms with van der Waals surface area (Å²) in [4.78, 5) is 23.2. The molecule has 2 amide bonds. The largest absolute Gasteiger partial charge is 0.366 e. The predicted molar refractivity (Wildman–Crippen MR) is 72.6 cm³/mol. The van der Waals surface area contributed by atoms with Gasteiger partial charge in [0, 0.05) is 17.2 Å². The van der Waals surface area contributed by atoms with Crippen molar-refractivity contribution in [3.05, 3.63) is 29.3 Å². The standard InChI is InChI=1S/C15H18N2O2/c1-8-4-9(14(16)18)2-3-13(8)17-15(19)12-6-10-5-11(10)7-12/h2-4,10-12H,5-7H2,1H3,(H2,16,18)(H,17,19). The number of aryl methyl sites for hydroxylation is 1. The van der Waals surface area contributed by atoms with Gasteiger partial charge in [0.25, 0.3) is 0 Å². The number of primary amides is 1. The van der Waals surface area contributed by atoms with E-state index in [2.05, 4.69) is 5.32 Å². The van der Waals surface area contributed by atoms with Gasteiger partial charge in [0.2, 0.25) is 11.8 Å². The number of carbonyl (C=O) groups excluding carboxylic acids is 2. The average molecular weight is 258 g/mol. The van der Waals surface area contributed by atoms with Gasteiger partial charge in [-0.2, -0.15) is 0 Å². The molecule has 3 rings (SSSR count). The summed E-state index contributed by atoms with van der Waals surface area (Å²) in [5.74, 6) is 1.43. The lowest BCUT2D eigenvalue weighted by molar-refractivity contribution is -0.120. The molecule has 2 aliphatic rings. The third-order valence-electron chi connectivity index (χ3n) is 4.38. The smallest absolute Gasteiger partial charge is 0.248 e. The molecule has 0 aliphatic heterocycles. The minimum absolute atomic E-state index is 0.113. The van der Waals surface area contributed by atoms with Crippen LogP contribution in [0.1, 0.15) is 35.2 Å². The third kappa shape index (κ3) is 2.35. The van der Waals surface area contributed by atoms with Crippen molar-refractivity contribution >= 4 is 17.5 Å². The van der Waals surface area contributed by atoms with Crippen LogP contribution in [0.5, 0.6) is 0 Å². The second-order valence-corrected chi connectivity index (χ2v) is 5.81. The van der Waals surface area contributed by atoms with E-state index in [9.17, 15) is 9.59 Å². The van der Waals surface area contributed by atoms with Crippen LogP contribution in [0.4, 0.5) is 5.69 Å². The fourth-order valence-electron chi connectivity index (χ4n) is 3.12. The molecule has 0 heterocycles. The summed E-state index contributed by atoms with van der Waals surface area (Å²) >= 11 is 0. The maximum atomic E-state index is 12.1. The molecule has 1 aromatic carbocycles. The highest BCUT2D eigenvalue weighted by atomic mass is 16.2. The Morgan fingerprint density at radius 3 is 2.47 bits per heavy atom. The Morgan fingerprint density at radius 1 is 1.21 bits per heavy atom. The van der Waals surface area contributed by atoms with Crippen molar-refractivity contribution < 1.29 is 9.59 Å². The number of fused-ring (bicyclic) bond motifs is 1. The molecular weight excluding hydrogens is 240 g/mol. The van der Waals surface area contributed by atoms with E-state index >= 15 is 0 Å². The van der Waals surface area contributed by atoms with Gasteiger partial charge in [0.15, 0.2) is 0 Å². The van der Waals surface area contributed by atoms with Gasteiger partial charge >= 0.3 is 0 Å². The van der Waals surface area contributed by atoms with Gasteiger partial charge in [-0.1, -0.05) is 0 Å². The second-order valence-electron chi connectivity index (χ2n) is 5.81. The zero-order chi connectivity index (χ0) is 13.6. The van der Waals surface area contributed by atoms with E-state index in [4.69, 9.17) is 5.73 Å². The van der Waals surface area contributed by atoms with Crippen molar-refractivity contribution in [3.8, 4) is 0 Å². The number of hydrogen-bond acceptors (Lipinski definition) is 2. The molecule has 0 radical (unpaired) electrons. The first-order chi connectivity index (χ1) is 9.04. The van der Waals surface area contributed by atoms with Crippen LogP contribution >= 0.6 is 0 Å². The highest BCUT2D eigenvalue weighted by Gasteiger charge is 2.47. The number of carbonyl (C=O) groups is 2. The van der Waals surface area contributed by atoms with Crippen LogP contribution in [0.2, 0.25) is 0 Å². The Bertz CT molecular complexity index is 543. The summed E-state index contributed by atoms with van der Waals surface area (Å²) < 4.78 is 0. The topological polar surface area (TPSA) is 72.2 Å². The van der Waals surface area contributed by atoms with Crippen molar-refractivity contribution in [2.24, 2.45) is 23.5 Å². The van der Waals surface area contributed by atoms with Crippen LogP contribution in [0, 0.1) is 24.7 Å². The van der Waals surface area contributed by atoms with Gasteiger partial charge in [-0.25, -0.2) is 0 Å². The second kappa shape index (κ2) is 4.37. The zero-order valence-corrected chi connectivity index (χ0v) is 11.0. The molecule has 0 aromatic heterocycles. The van der Waals surface area contributed by atoms with Crippen LogP contribution < -0.4 is 11.1 Å². The lowest BCUT2D eigenvalue weighted by Gasteiger charge is -2.14. The van der Waals surface area contributed by atoms with E-state index in [1.54, 1.807) is 18.2 Å². The lowest BCUT2D eigenvalue weighted by Crippen LogP contribution is -2.22. The summed E-state index contributed by atoms with van der Waals surface area (Å²) in [6.07, 6.45) is 3.39. The van der Waals surface area contributed by atoms with E-state index in [1.807, 2.05) is 6.92 Å². The number of benzene rings is 1. The Hall–Kier alpha value is -1.84. The van der Waals surface area contributed by atoms with Crippen LogP contribution in [-0.2, 0) is 4.79 Å². The number of amides is 2. The van der Waals surface area contributed by atoms with E-state index in [-0.39, 0.29) is 11.8 Å². The van der Waals surface area contributed by atoms with Gasteiger partial charge < -0.3 is 11.1 Å². The molecule has 4 heteroatoms. The number of nitrogens with one attached hydrogen (secondary N) is 1. The molecule has 19 heavy (non-hydrogen) atoms. The average Bonchev–Trinajstić information content (AvgIpc) is 2.98. The summed E-state index contributed by atoms with van der Waals surface area (Å²) in [5, 5.41) is 2.97. The Balaban J connectivity index is 1.69. The predicted octanol–water partition coefficient (Wildman–Crippen LogP) is 2.08. The molecule has 0 bridgehead atoms. The third-order valence-corrected chi connectivity index (χ3v) is 4.38. The molecule has 3 N–H and O–H groups in total. The number of anilines is 1. The van der Waals surface area contributed by atoms with Gasteiger partial charge in [-0.3, -0.25) is 9.59 Å². The molecule has 4 nitrogen and oxygen atoms in total. The molecule has 0 spiro atoms. The quantitative estimate of drug-likeness (QED) is 0.871. The van der Waals surface area contributed by atoms with Crippen LogP contribution in [0.25, 0.3) is 0 Å². The van der Waals surface area contributed by atoms with Crippen molar-refractivity contribution in [1.82, 2.24) is 0 Å². The first-order valence-corrected chi connectivity index (χ1v) is 6.76. The molecule has 2 unspecified atom stereocenters. The van der Waals surface area contributed by atoms with E-state index in [1.165, 1.54) is 6.42 Å². The molecule has 2 atom stereocenters.